The number of nitrogens with one attached hydrogen (secondary N) is 1. The number of halogens is 3. The summed E-state index contributed by atoms with van der Waals surface area (Å²) >= 11 is 0. The van der Waals surface area contributed by atoms with Crippen molar-refractivity contribution in [1.29, 1.82) is 0 Å². The molecule has 0 aliphatic carbocycles. The highest BCUT2D eigenvalue weighted by Crippen LogP contribution is 2.31. The maximum absolute atomic E-state index is 12.6. The van der Waals surface area contributed by atoms with E-state index in [1.54, 1.807) is 18.2 Å². The molecule has 0 aromatic heterocycles. The molecule has 1 amide bonds. The Labute approximate surface area is 142 Å². The molecule has 0 bridgehead atoms. The Balaban J connectivity index is 1.79. The highest BCUT2D eigenvalue weighted by Gasteiger charge is 2.40. The SMILES string of the molecule is CC1(C)OB(O)c2cc(NC(=O)c3ccc(C(F)(F)F)cc3)ccc21. The molecule has 8 heteroatoms. The summed E-state index contributed by atoms with van der Waals surface area (Å²) in [5.74, 6) is -0.540. The minimum Gasteiger partial charge on any atom is -0.423 e. The minimum absolute atomic E-state index is 0.102. The molecular weight excluding hydrogens is 334 g/mol. The Morgan fingerprint density at radius 3 is 2.40 bits per heavy atom. The van der Waals surface area contributed by atoms with Gasteiger partial charge in [-0.1, -0.05) is 6.07 Å². The maximum atomic E-state index is 12.6. The van der Waals surface area contributed by atoms with E-state index in [-0.39, 0.29) is 5.56 Å². The topological polar surface area (TPSA) is 58.6 Å². The van der Waals surface area contributed by atoms with Crippen LogP contribution in [-0.4, -0.2) is 18.0 Å². The number of benzene rings is 2. The third kappa shape index (κ3) is 3.40. The smallest absolute Gasteiger partial charge is 0.423 e. The molecule has 3 rings (SSSR count). The van der Waals surface area contributed by atoms with Gasteiger partial charge in [-0.3, -0.25) is 4.79 Å². The van der Waals surface area contributed by atoms with Crippen LogP contribution in [0.25, 0.3) is 0 Å². The Kier molecular flexibility index (Phi) is 4.13. The van der Waals surface area contributed by atoms with Crippen LogP contribution in [0.1, 0.15) is 35.3 Å². The minimum atomic E-state index is -4.45. The van der Waals surface area contributed by atoms with Crippen molar-refractivity contribution < 1.29 is 27.6 Å². The standard InChI is InChI=1S/C17H15BF3NO3/c1-16(2)13-8-7-12(9-14(13)18(24)25-16)22-15(23)10-3-5-11(6-4-10)17(19,20)21/h3-9,24H,1-2H3,(H,22,23). The fourth-order valence-corrected chi connectivity index (χ4v) is 2.81. The summed E-state index contributed by atoms with van der Waals surface area (Å²) in [5.41, 5.74) is 0.437. The van der Waals surface area contributed by atoms with Gasteiger partial charge in [-0.15, -0.1) is 0 Å². The van der Waals surface area contributed by atoms with Gasteiger partial charge in [0.25, 0.3) is 5.91 Å². The molecule has 4 nitrogen and oxygen atoms in total. The van der Waals surface area contributed by atoms with E-state index in [1.165, 1.54) is 0 Å². The fraction of sp³-hybridized carbons (Fsp3) is 0.235. The Hall–Kier alpha value is -2.32. The number of hydrogen-bond acceptors (Lipinski definition) is 3. The molecule has 1 heterocycles. The van der Waals surface area contributed by atoms with Crippen LogP contribution < -0.4 is 10.8 Å². The van der Waals surface area contributed by atoms with Crippen molar-refractivity contribution in [2.45, 2.75) is 25.6 Å². The van der Waals surface area contributed by atoms with Gasteiger partial charge in [-0.2, -0.15) is 13.2 Å². The van der Waals surface area contributed by atoms with Crippen molar-refractivity contribution in [3.63, 3.8) is 0 Å². The first-order valence-corrected chi connectivity index (χ1v) is 7.57. The van der Waals surface area contributed by atoms with E-state index in [0.717, 1.165) is 29.8 Å². The molecular formula is C17H15BF3NO3. The van der Waals surface area contributed by atoms with Crippen LogP contribution in [0.4, 0.5) is 18.9 Å². The Bertz CT molecular complexity index is 819. The van der Waals surface area contributed by atoms with Crippen LogP contribution in [0, 0.1) is 0 Å². The first-order chi connectivity index (χ1) is 11.6. The van der Waals surface area contributed by atoms with Crippen LogP contribution in [0.3, 0.4) is 0 Å². The Morgan fingerprint density at radius 2 is 1.80 bits per heavy atom. The van der Waals surface area contributed by atoms with Crippen molar-refractivity contribution >= 4 is 24.2 Å². The average molecular weight is 349 g/mol. The van der Waals surface area contributed by atoms with Gasteiger partial charge in [0.2, 0.25) is 0 Å². The monoisotopic (exact) mass is 349 g/mol. The van der Waals surface area contributed by atoms with E-state index in [2.05, 4.69) is 5.32 Å². The lowest BCUT2D eigenvalue weighted by atomic mass is 9.78. The van der Waals surface area contributed by atoms with Gasteiger partial charge in [0, 0.05) is 11.3 Å². The summed E-state index contributed by atoms with van der Waals surface area (Å²) < 4.78 is 43.1. The lowest BCUT2D eigenvalue weighted by molar-refractivity contribution is -0.137. The van der Waals surface area contributed by atoms with E-state index in [0.29, 0.717) is 11.2 Å². The molecule has 0 atom stereocenters. The zero-order chi connectivity index (χ0) is 18.4. The van der Waals surface area contributed by atoms with Crippen molar-refractivity contribution in [3.05, 3.63) is 59.2 Å². The highest BCUT2D eigenvalue weighted by atomic mass is 19.4. The lowest BCUT2D eigenvalue weighted by Crippen LogP contribution is -2.29. The molecule has 2 aromatic rings. The number of amides is 1. The van der Waals surface area contributed by atoms with Crippen LogP contribution in [0.5, 0.6) is 0 Å². The second-order valence-electron chi connectivity index (χ2n) is 6.31. The third-order valence-corrected chi connectivity index (χ3v) is 4.10. The normalized spacial score (nSPS) is 15.8. The first-order valence-electron chi connectivity index (χ1n) is 7.57. The van der Waals surface area contributed by atoms with Crippen LogP contribution in [-0.2, 0) is 16.4 Å². The molecule has 1 aliphatic heterocycles. The molecule has 0 fully saturated rings. The summed E-state index contributed by atoms with van der Waals surface area (Å²) in [6.45, 7) is 3.64. The Morgan fingerprint density at radius 1 is 1.16 bits per heavy atom. The van der Waals surface area contributed by atoms with Gasteiger partial charge in [-0.25, -0.2) is 0 Å². The van der Waals surface area contributed by atoms with E-state index in [1.807, 2.05) is 13.8 Å². The molecule has 0 unspecified atom stereocenters. The molecule has 130 valence electrons. The van der Waals surface area contributed by atoms with Gasteiger partial charge < -0.3 is 15.0 Å². The summed E-state index contributed by atoms with van der Waals surface area (Å²) in [5, 5.41) is 12.6. The number of alkyl halides is 3. The summed E-state index contributed by atoms with van der Waals surface area (Å²) in [4.78, 5) is 12.2. The molecule has 2 N–H and O–H groups in total. The number of carbonyl (C=O) groups excluding carboxylic acids is 1. The molecule has 0 radical (unpaired) electrons. The lowest BCUT2D eigenvalue weighted by Gasteiger charge is -2.19. The maximum Gasteiger partial charge on any atom is 0.492 e. The fourth-order valence-electron chi connectivity index (χ4n) is 2.81. The van der Waals surface area contributed by atoms with E-state index < -0.39 is 30.4 Å². The summed E-state index contributed by atoms with van der Waals surface area (Å²) in [6, 6.07) is 8.95. The molecule has 25 heavy (non-hydrogen) atoms. The summed E-state index contributed by atoms with van der Waals surface area (Å²) in [6.07, 6.45) is -4.45. The van der Waals surface area contributed by atoms with Gasteiger partial charge in [0.15, 0.2) is 0 Å². The predicted molar refractivity (Wildman–Crippen MR) is 87.6 cm³/mol. The zero-order valence-corrected chi connectivity index (χ0v) is 13.5. The van der Waals surface area contributed by atoms with Gasteiger partial charge in [0.1, 0.15) is 0 Å². The number of fused-ring (bicyclic) bond motifs is 1. The molecule has 0 spiro atoms. The molecule has 0 saturated carbocycles. The number of hydrogen-bond donors (Lipinski definition) is 2. The third-order valence-electron chi connectivity index (χ3n) is 4.10. The second kappa shape index (κ2) is 5.89. The van der Waals surface area contributed by atoms with E-state index >= 15 is 0 Å². The van der Waals surface area contributed by atoms with Gasteiger partial charge in [0.05, 0.1) is 11.2 Å². The number of carbonyl (C=O) groups is 1. The quantitative estimate of drug-likeness (QED) is 0.820. The molecule has 1 aliphatic rings. The van der Waals surface area contributed by atoms with Gasteiger partial charge in [-0.05, 0) is 61.3 Å². The second-order valence-corrected chi connectivity index (χ2v) is 6.31. The van der Waals surface area contributed by atoms with Crippen LogP contribution in [0.15, 0.2) is 42.5 Å². The van der Waals surface area contributed by atoms with Crippen molar-refractivity contribution in [1.82, 2.24) is 0 Å². The van der Waals surface area contributed by atoms with Crippen molar-refractivity contribution in [2.75, 3.05) is 5.32 Å². The van der Waals surface area contributed by atoms with E-state index in [4.69, 9.17) is 4.65 Å². The average Bonchev–Trinajstić information content (AvgIpc) is 2.75. The number of rotatable bonds is 2. The van der Waals surface area contributed by atoms with Crippen LogP contribution >= 0.6 is 0 Å². The molecule has 0 saturated heterocycles. The zero-order valence-electron chi connectivity index (χ0n) is 13.5. The largest absolute Gasteiger partial charge is 0.492 e. The highest BCUT2D eigenvalue weighted by molar-refractivity contribution is 6.62. The predicted octanol–water partition coefficient (Wildman–Crippen LogP) is 2.91. The van der Waals surface area contributed by atoms with Gasteiger partial charge >= 0.3 is 13.3 Å². The first kappa shape index (κ1) is 17.5. The van der Waals surface area contributed by atoms with Crippen molar-refractivity contribution in [2.24, 2.45) is 0 Å². The molecule has 2 aromatic carbocycles. The van der Waals surface area contributed by atoms with Crippen molar-refractivity contribution in [3.8, 4) is 0 Å². The van der Waals surface area contributed by atoms with Crippen LogP contribution in [0.2, 0.25) is 0 Å². The summed E-state index contributed by atoms with van der Waals surface area (Å²) in [7, 11) is -1.09. The van der Waals surface area contributed by atoms with E-state index in [9.17, 15) is 23.0 Å². The number of anilines is 1.